The molecule has 0 aromatic carbocycles. The van der Waals surface area contributed by atoms with Gasteiger partial charge in [0.2, 0.25) is 5.91 Å². The number of hydrogen-bond acceptors (Lipinski definition) is 3. The molecule has 58 valence electrons. The maximum Gasteiger partial charge on any atom is 0.243 e. The van der Waals surface area contributed by atoms with Crippen molar-refractivity contribution in [3.05, 3.63) is 0 Å². The topological polar surface area (TPSA) is 32.6 Å². The van der Waals surface area contributed by atoms with Crippen molar-refractivity contribution in [1.82, 2.24) is 9.96 Å². The monoisotopic (exact) mass is 144 g/mol. The molecule has 10 heavy (non-hydrogen) atoms. The first-order valence-corrected chi connectivity index (χ1v) is 3.18. The molecule has 0 N–H and O–H groups in total. The summed E-state index contributed by atoms with van der Waals surface area (Å²) in [5, 5.41) is 1.64. The van der Waals surface area contributed by atoms with Gasteiger partial charge >= 0.3 is 0 Å². The molecule has 1 amide bonds. The first-order valence-electron chi connectivity index (χ1n) is 3.18. The molecular formula is C6H12N2O2. The van der Waals surface area contributed by atoms with Crippen molar-refractivity contribution in [3.8, 4) is 0 Å². The summed E-state index contributed by atoms with van der Waals surface area (Å²) in [7, 11) is 5.06. The van der Waals surface area contributed by atoms with Crippen LogP contribution in [-0.4, -0.2) is 49.7 Å². The van der Waals surface area contributed by atoms with Gasteiger partial charge in [-0.25, -0.2) is 0 Å². The maximum atomic E-state index is 11.1. The Morgan fingerprint density at radius 2 is 2.30 bits per heavy atom. The molecule has 0 spiro atoms. The standard InChI is InChI=1S/C6H12N2O2/c1-7(2)6(9)5-4-8(5)10-3/h5H,4H2,1-3H3. The van der Waals surface area contributed by atoms with Crippen LogP contribution in [0.1, 0.15) is 0 Å². The Labute approximate surface area is 60.3 Å². The van der Waals surface area contributed by atoms with Crippen LogP contribution in [0.5, 0.6) is 0 Å². The zero-order valence-corrected chi connectivity index (χ0v) is 6.50. The number of carbonyl (C=O) groups excluding carboxylic acids is 1. The van der Waals surface area contributed by atoms with Gasteiger partial charge in [-0.2, -0.15) is 5.06 Å². The minimum absolute atomic E-state index is 0.0278. The lowest BCUT2D eigenvalue weighted by Gasteiger charge is -2.08. The highest BCUT2D eigenvalue weighted by Gasteiger charge is 2.42. The van der Waals surface area contributed by atoms with E-state index in [0.717, 1.165) is 6.54 Å². The zero-order valence-electron chi connectivity index (χ0n) is 6.50. The van der Waals surface area contributed by atoms with Gasteiger partial charge in [-0.1, -0.05) is 0 Å². The molecule has 0 aromatic rings. The van der Waals surface area contributed by atoms with Gasteiger partial charge < -0.3 is 9.74 Å². The lowest BCUT2D eigenvalue weighted by molar-refractivity contribution is -0.133. The molecule has 1 fully saturated rings. The average molecular weight is 144 g/mol. The third kappa shape index (κ3) is 1.27. The van der Waals surface area contributed by atoms with E-state index in [1.807, 2.05) is 0 Å². The summed E-state index contributed by atoms with van der Waals surface area (Å²) in [5.41, 5.74) is 0. The molecule has 0 bridgehead atoms. The largest absolute Gasteiger partial charge is 0.347 e. The Morgan fingerprint density at radius 3 is 2.60 bits per heavy atom. The van der Waals surface area contributed by atoms with Crippen molar-refractivity contribution in [3.63, 3.8) is 0 Å². The minimum Gasteiger partial charge on any atom is -0.347 e. The second-order valence-corrected chi connectivity index (χ2v) is 2.53. The normalized spacial score (nSPS) is 29.9. The highest BCUT2D eigenvalue weighted by atomic mass is 16.7. The van der Waals surface area contributed by atoms with Crippen molar-refractivity contribution in [1.29, 1.82) is 0 Å². The van der Waals surface area contributed by atoms with E-state index in [9.17, 15) is 4.79 Å². The quantitative estimate of drug-likeness (QED) is 0.481. The van der Waals surface area contributed by atoms with E-state index in [-0.39, 0.29) is 11.9 Å². The fourth-order valence-electron chi connectivity index (χ4n) is 0.824. The molecule has 2 atom stereocenters. The molecule has 0 radical (unpaired) electrons. The molecule has 0 saturated carbocycles. The van der Waals surface area contributed by atoms with Crippen LogP contribution in [0.3, 0.4) is 0 Å². The molecule has 1 heterocycles. The Bertz CT molecular complexity index is 147. The predicted octanol–water partition coefficient (Wildman–Crippen LogP) is -0.680. The molecule has 0 aromatic heterocycles. The molecule has 0 aliphatic carbocycles. The number of amides is 1. The van der Waals surface area contributed by atoms with Crippen molar-refractivity contribution in [2.75, 3.05) is 27.7 Å². The molecule has 1 saturated heterocycles. The highest BCUT2D eigenvalue weighted by Crippen LogP contribution is 2.17. The van der Waals surface area contributed by atoms with Crippen molar-refractivity contribution in [2.45, 2.75) is 6.04 Å². The summed E-state index contributed by atoms with van der Waals surface area (Å²) in [6.07, 6.45) is 0. The number of hydroxylamine groups is 2. The van der Waals surface area contributed by atoms with E-state index in [4.69, 9.17) is 4.84 Å². The van der Waals surface area contributed by atoms with E-state index < -0.39 is 0 Å². The van der Waals surface area contributed by atoms with Crippen molar-refractivity contribution < 1.29 is 9.63 Å². The SMILES string of the molecule is CON1CC1C(=O)N(C)C. The van der Waals surface area contributed by atoms with Crippen LogP contribution in [0.25, 0.3) is 0 Å². The molecule has 1 aliphatic rings. The number of nitrogens with zero attached hydrogens (tertiary/aromatic N) is 2. The van der Waals surface area contributed by atoms with Crippen LogP contribution in [0.2, 0.25) is 0 Å². The van der Waals surface area contributed by atoms with Crippen LogP contribution in [0.15, 0.2) is 0 Å². The van der Waals surface area contributed by atoms with Crippen LogP contribution in [0.4, 0.5) is 0 Å². The van der Waals surface area contributed by atoms with Crippen LogP contribution >= 0.6 is 0 Å². The van der Waals surface area contributed by atoms with E-state index >= 15 is 0 Å². The van der Waals surface area contributed by atoms with Crippen molar-refractivity contribution >= 4 is 5.91 Å². The molecule has 2 unspecified atom stereocenters. The predicted molar refractivity (Wildman–Crippen MR) is 36.2 cm³/mol. The summed E-state index contributed by atoms with van der Waals surface area (Å²) >= 11 is 0. The Hall–Kier alpha value is -0.610. The van der Waals surface area contributed by atoms with E-state index in [1.54, 1.807) is 31.2 Å². The Kier molecular flexibility index (Phi) is 1.92. The van der Waals surface area contributed by atoms with Gasteiger partial charge in [-0.15, -0.1) is 0 Å². The molecule has 1 aliphatic heterocycles. The third-order valence-corrected chi connectivity index (χ3v) is 1.53. The van der Waals surface area contributed by atoms with Gasteiger partial charge in [0.05, 0.1) is 13.7 Å². The second kappa shape index (κ2) is 2.56. The van der Waals surface area contributed by atoms with Gasteiger partial charge in [-0.3, -0.25) is 4.79 Å². The lowest BCUT2D eigenvalue weighted by atomic mass is 10.4. The zero-order chi connectivity index (χ0) is 7.72. The fourth-order valence-corrected chi connectivity index (χ4v) is 0.824. The number of rotatable bonds is 2. The smallest absolute Gasteiger partial charge is 0.243 e. The molecule has 4 nitrogen and oxygen atoms in total. The average Bonchev–Trinajstić information content (AvgIpc) is 2.64. The fraction of sp³-hybridized carbons (Fsp3) is 0.833. The van der Waals surface area contributed by atoms with E-state index in [2.05, 4.69) is 0 Å². The van der Waals surface area contributed by atoms with Crippen LogP contribution in [-0.2, 0) is 9.63 Å². The van der Waals surface area contributed by atoms with Gasteiger partial charge in [0, 0.05) is 14.1 Å². The van der Waals surface area contributed by atoms with Gasteiger partial charge in [-0.05, 0) is 0 Å². The van der Waals surface area contributed by atoms with E-state index in [1.165, 1.54) is 0 Å². The molecule has 1 rings (SSSR count). The summed E-state index contributed by atoms with van der Waals surface area (Å²) in [4.78, 5) is 17.5. The first kappa shape index (κ1) is 7.50. The summed E-state index contributed by atoms with van der Waals surface area (Å²) < 4.78 is 0. The second-order valence-electron chi connectivity index (χ2n) is 2.53. The molecule has 4 heteroatoms. The van der Waals surface area contributed by atoms with Crippen LogP contribution in [0, 0.1) is 0 Å². The first-order chi connectivity index (χ1) is 4.66. The Morgan fingerprint density at radius 1 is 1.70 bits per heavy atom. The van der Waals surface area contributed by atoms with Gasteiger partial charge in [0.25, 0.3) is 0 Å². The van der Waals surface area contributed by atoms with Crippen LogP contribution < -0.4 is 0 Å². The number of hydrogen-bond donors (Lipinski definition) is 0. The number of carbonyl (C=O) groups is 1. The molecular weight excluding hydrogens is 132 g/mol. The summed E-state index contributed by atoms with van der Waals surface area (Å²) in [6.45, 7) is 0.730. The number of likely N-dealkylation sites (N-methyl/N-ethyl adjacent to an activating group) is 1. The van der Waals surface area contributed by atoms with Gasteiger partial charge in [0.1, 0.15) is 6.04 Å². The minimum atomic E-state index is -0.0278. The summed E-state index contributed by atoms with van der Waals surface area (Å²) in [6, 6.07) is -0.0278. The lowest BCUT2D eigenvalue weighted by Crippen LogP contribution is -2.28. The van der Waals surface area contributed by atoms with E-state index in [0.29, 0.717) is 0 Å². The Balaban J connectivity index is 2.33. The summed E-state index contributed by atoms with van der Waals surface area (Å²) in [5.74, 6) is 0.113. The van der Waals surface area contributed by atoms with Crippen molar-refractivity contribution in [2.24, 2.45) is 0 Å². The van der Waals surface area contributed by atoms with Gasteiger partial charge in [0.15, 0.2) is 0 Å². The maximum absolute atomic E-state index is 11.1. The highest BCUT2D eigenvalue weighted by molar-refractivity contribution is 5.83. The third-order valence-electron chi connectivity index (χ3n) is 1.53.